The zero-order chi connectivity index (χ0) is 14.9. The number of rotatable bonds is 10. The number of alkyl halides is 3. The average Bonchev–Trinajstić information content (AvgIpc) is 2.29. The Hall–Kier alpha value is -0.250. The molecule has 2 unspecified atom stereocenters. The van der Waals surface area contributed by atoms with E-state index in [4.69, 9.17) is 0 Å². The van der Waals surface area contributed by atoms with Crippen molar-refractivity contribution in [1.29, 1.82) is 0 Å². The van der Waals surface area contributed by atoms with Crippen molar-refractivity contribution in [2.75, 3.05) is 0 Å². The molecule has 1 nitrogen and oxygen atoms in total. The Morgan fingerprint density at radius 1 is 0.895 bits per heavy atom. The van der Waals surface area contributed by atoms with E-state index in [1.54, 1.807) is 0 Å². The number of halogens is 3. The fourth-order valence-electron chi connectivity index (χ4n) is 2.38. The lowest BCUT2D eigenvalue weighted by molar-refractivity contribution is -0.258. The van der Waals surface area contributed by atoms with Crippen LogP contribution in [-0.2, 0) is 0 Å². The van der Waals surface area contributed by atoms with Crippen molar-refractivity contribution < 1.29 is 18.3 Å². The molecule has 0 aromatic heterocycles. The molecular weight excluding hydrogens is 253 g/mol. The SMILES string of the molecule is CCCCCCC(CCCC)CC(C)(O)C(F)(F)F. The summed E-state index contributed by atoms with van der Waals surface area (Å²) < 4.78 is 38.1. The van der Waals surface area contributed by atoms with E-state index in [1.807, 2.05) is 6.92 Å². The summed E-state index contributed by atoms with van der Waals surface area (Å²) in [7, 11) is 0. The van der Waals surface area contributed by atoms with Crippen molar-refractivity contribution in [3.8, 4) is 0 Å². The summed E-state index contributed by atoms with van der Waals surface area (Å²) in [5.41, 5.74) is -2.55. The molecule has 0 saturated heterocycles. The van der Waals surface area contributed by atoms with Crippen molar-refractivity contribution in [3.63, 3.8) is 0 Å². The van der Waals surface area contributed by atoms with Crippen LogP contribution in [0.25, 0.3) is 0 Å². The molecule has 0 bridgehead atoms. The smallest absolute Gasteiger partial charge is 0.381 e. The summed E-state index contributed by atoms with van der Waals surface area (Å²) in [6.45, 7) is 5.05. The molecule has 0 heterocycles. The summed E-state index contributed by atoms with van der Waals surface area (Å²) in [6.07, 6.45) is 3.12. The summed E-state index contributed by atoms with van der Waals surface area (Å²) in [6, 6.07) is 0. The van der Waals surface area contributed by atoms with E-state index >= 15 is 0 Å². The molecule has 0 aliphatic carbocycles. The maximum absolute atomic E-state index is 12.7. The van der Waals surface area contributed by atoms with Crippen LogP contribution >= 0.6 is 0 Å². The highest BCUT2D eigenvalue weighted by Gasteiger charge is 2.50. The standard InChI is InChI=1S/C15H29F3O/c1-4-6-8-9-11-13(10-7-5-2)12-14(3,19)15(16,17)18/h13,19H,4-12H2,1-3H3. The molecule has 2 atom stereocenters. The fourth-order valence-corrected chi connectivity index (χ4v) is 2.38. The topological polar surface area (TPSA) is 20.2 Å². The zero-order valence-corrected chi connectivity index (χ0v) is 12.5. The van der Waals surface area contributed by atoms with Gasteiger partial charge in [0, 0.05) is 0 Å². The van der Waals surface area contributed by atoms with Crippen LogP contribution in [0, 0.1) is 5.92 Å². The van der Waals surface area contributed by atoms with Crippen LogP contribution < -0.4 is 0 Å². The summed E-state index contributed by atoms with van der Waals surface area (Å²) in [5.74, 6) is -0.0200. The third kappa shape index (κ3) is 7.81. The zero-order valence-electron chi connectivity index (χ0n) is 12.5. The molecule has 0 rings (SSSR count). The molecule has 0 saturated carbocycles. The van der Waals surface area contributed by atoms with Gasteiger partial charge in [-0.25, -0.2) is 0 Å². The molecule has 0 aliphatic heterocycles. The molecule has 0 aromatic rings. The Kier molecular flexibility index (Phi) is 8.71. The predicted molar refractivity (Wildman–Crippen MR) is 73.1 cm³/mol. The van der Waals surface area contributed by atoms with Crippen molar-refractivity contribution in [3.05, 3.63) is 0 Å². The van der Waals surface area contributed by atoms with Crippen molar-refractivity contribution in [1.82, 2.24) is 0 Å². The second-order valence-electron chi connectivity index (χ2n) is 5.83. The van der Waals surface area contributed by atoms with Gasteiger partial charge in [0.2, 0.25) is 0 Å². The Balaban J connectivity index is 4.33. The summed E-state index contributed by atoms with van der Waals surface area (Å²) >= 11 is 0. The fraction of sp³-hybridized carbons (Fsp3) is 1.00. The van der Waals surface area contributed by atoms with Gasteiger partial charge in [-0.3, -0.25) is 0 Å². The lowest BCUT2D eigenvalue weighted by Gasteiger charge is -2.30. The molecule has 19 heavy (non-hydrogen) atoms. The highest BCUT2D eigenvalue weighted by Crippen LogP contribution is 2.37. The Labute approximate surface area is 115 Å². The first-order valence-corrected chi connectivity index (χ1v) is 7.53. The van der Waals surface area contributed by atoms with Gasteiger partial charge in [0.05, 0.1) is 0 Å². The van der Waals surface area contributed by atoms with Gasteiger partial charge in [0.25, 0.3) is 0 Å². The van der Waals surface area contributed by atoms with E-state index in [0.29, 0.717) is 0 Å². The second-order valence-corrected chi connectivity index (χ2v) is 5.83. The highest BCUT2D eigenvalue weighted by molar-refractivity contribution is 4.84. The molecule has 0 fully saturated rings. The Morgan fingerprint density at radius 2 is 1.42 bits per heavy atom. The summed E-state index contributed by atoms with van der Waals surface area (Å²) in [5, 5.41) is 9.60. The van der Waals surface area contributed by atoms with Gasteiger partial charge in [-0.1, -0.05) is 65.2 Å². The number of hydrogen-bond donors (Lipinski definition) is 1. The van der Waals surface area contributed by atoms with Crippen molar-refractivity contribution in [2.24, 2.45) is 5.92 Å². The largest absolute Gasteiger partial charge is 0.416 e. The molecule has 0 aliphatic rings. The lowest BCUT2D eigenvalue weighted by atomic mass is 9.84. The van der Waals surface area contributed by atoms with Gasteiger partial charge in [-0.05, 0) is 19.3 Å². The van der Waals surface area contributed by atoms with E-state index in [1.165, 1.54) is 0 Å². The van der Waals surface area contributed by atoms with E-state index < -0.39 is 11.8 Å². The first kappa shape index (κ1) is 18.8. The number of hydrogen-bond acceptors (Lipinski definition) is 1. The molecule has 0 radical (unpaired) electrons. The van der Waals surface area contributed by atoms with E-state index in [9.17, 15) is 18.3 Å². The lowest BCUT2D eigenvalue weighted by Crippen LogP contribution is -2.43. The number of aliphatic hydroxyl groups is 1. The van der Waals surface area contributed by atoms with Gasteiger partial charge in [-0.15, -0.1) is 0 Å². The number of unbranched alkanes of at least 4 members (excludes halogenated alkanes) is 4. The third-order valence-electron chi connectivity index (χ3n) is 3.73. The minimum Gasteiger partial charge on any atom is -0.381 e. The molecule has 0 amide bonds. The Morgan fingerprint density at radius 3 is 1.89 bits per heavy atom. The van der Waals surface area contributed by atoms with Gasteiger partial charge in [-0.2, -0.15) is 13.2 Å². The first-order valence-electron chi connectivity index (χ1n) is 7.53. The van der Waals surface area contributed by atoms with Gasteiger partial charge in [0.15, 0.2) is 5.60 Å². The molecular formula is C15H29F3O. The van der Waals surface area contributed by atoms with Crippen LogP contribution in [0.4, 0.5) is 13.2 Å². The molecule has 1 N–H and O–H groups in total. The van der Waals surface area contributed by atoms with E-state index in [2.05, 4.69) is 6.92 Å². The minimum atomic E-state index is -4.53. The average molecular weight is 282 g/mol. The van der Waals surface area contributed by atoms with E-state index in [-0.39, 0.29) is 12.3 Å². The minimum absolute atomic E-state index is 0.0200. The van der Waals surface area contributed by atoms with Gasteiger partial charge in [0.1, 0.15) is 0 Å². The van der Waals surface area contributed by atoms with E-state index in [0.717, 1.165) is 58.3 Å². The van der Waals surface area contributed by atoms with Crippen LogP contribution in [0.1, 0.15) is 78.6 Å². The molecule has 4 heteroatoms. The monoisotopic (exact) mass is 282 g/mol. The quantitative estimate of drug-likeness (QED) is 0.527. The first-order chi connectivity index (χ1) is 8.74. The van der Waals surface area contributed by atoms with Crippen LogP contribution in [0.5, 0.6) is 0 Å². The molecule has 0 aromatic carbocycles. The molecule has 116 valence electrons. The van der Waals surface area contributed by atoms with Crippen LogP contribution in [-0.4, -0.2) is 16.9 Å². The third-order valence-corrected chi connectivity index (χ3v) is 3.73. The summed E-state index contributed by atoms with van der Waals surface area (Å²) in [4.78, 5) is 0. The maximum atomic E-state index is 12.7. The van der Waals surface area contributed by atoms with Crippen LogP contribution in [0.3, 0.4) is 0 Å². The predicted octanol–water partition coefficient (Wildman–Crippen LogP) is 5.47. The van der Waals surface area contributed by atoms with Gasteiger partial charge < -0.3 is 5.11 Å². The normalized spacial score (nSPS) is 17.2. The van der Waals surface area contributed by atoms with Gasteiger partial charge >= 0.3 is 6.18 Å². The highest BCUT2D eigenvalue weighted by atomic mass is 19.4. The van der Waals surface area contributed by atoms with Crippen LogP contribution in [0.15, 0.2) is 0 Å². The Bertz CT molecular complexity index is 224. The van der Waals surface area contributed by atoms with Crippen molar-refractivity contribution in [2.45, 2.75) is 90.3 Å². The molecule has 0 spiro atoms. The van der Waals surface area contributed by atoms with Crippen molar-refractivity contribution >= 4 is 0 Å². The van der Waals surface area contributed by atoms with Crippen LogP contribution in [0.2, 0.25) is 0 Å². The second kappa shape index (κ2) is 8.83. The maximum Gasteiger partial charge on any atom is 0.416 e.